The minimum Gasteiger partial charge on any atom is -0.346 e. The van der Waals surface area contributed by atoms with Gasteiger partial charge >= 0.3 is 0 Å². The number of fused-ring (bicyclic) bond motifs is 1. The molecular weight excluding hydrogens is 414 g/mol. The summed E-state index contributed by atoms with van der Waals surface area (Å²) in [6.45, 7) is 1.66. The first-order chi connectivity index (χ1) is 14.3. The fourth-order valence-electron chi connectivity index (χ4n) is 3.38. The van der Waals surface area contributed by atoms with Gasteiger partial charge in [-0.1, -0.05) is 6.92 Å². The number of carbonyl (C=O) groups is 1. The Labute approximate surface area is 172 Å². The summed E-state index contributed by atoms with van der Waals surface area (Å²) < 4.78 is 55.2. The molecule has 7 nitrogen and oxygen atoms in total. The van der Waals surface area contributed by atoms with Gasteiger partial charge in [-0.2, -0.15) is 0 Å². The Balaban J connectivity index is 1.80. The van der Waals surface area contributed by atoms with E-state index in [9.17, 15) is 22.0 Å². The van der Waals surface area contributed by atoms with Crippen LogP contribution in [0.3, 0.4) is 0 Å². The van der Waals surface area contributed by atoms with Crippen molar-refractivity contribution in [3.8, 4) is 11.1 Å². The van der Waals surface area contributed by atoms with Crippen molar-refractivity contribution >= 4 is 39.0 Å². The Hall–Kier alpha value is -3.01. The van der Waals surface area contributed by atoms with E-state index in [4.69, 9.17) is 0 Å². The van der Waals surface area contributed by atoms with Gasteiger partial charge in [-0.05, 0) is 54.7 Å². The quantitative estimate of drug-likeness (QED) is 0.528. The Kier molecular flexibility index (Phi) is 5.19. The highest BCUT2D eigenvalue weighted by Gasteiger charge is 2.30. The van der Waals surface area contributed by atoms with Gasteiger partial charge in [0.15, 0.2) is 11.6 Å². The lowest BCUT2D eigenvalue weighted by atomic mass is 10.0. The van der Waals surface area contributed by atoms with Crippen LogP contribution in [0.1, 0.15) is 26.2 Å². The maximum Gasteiger partial charge on any atom is 0.232 e. The lowest BCUT2D eigenvalue weighted by Crippen LogP contribution is -2.24. The second-order valence-corrected chi connectivity index (χ2v) is 9.09. The molecule has 0 atom stereocenters. The van der Waals surface area contributed by atoms with E-state index in [1.807, 2.05) is 4.72 Å². The highest BCUT2D eigenvalue weighted by atomic mass is 32.2. The number of pyridine rings is 1. The molecule has 2 heterocycles. The number of H-pyrrole nitrogens is 1. The van der Waals surface area contributed by atoms with Crippen molar-refractivity contribution in [2.75, 3.05) is 15.4 Å². The molecule has 2 N–H and O–H groups in total. The Bertz CT molecular complexity index is 1200. The number of amides is 1. The number of hydrogen-bond acceptors (Lipinski definition) is 4. The van der Waals surface area contributed by atoms with Crippen molar-refractivity contribution in [3.63, 3.8) is 0 Å². The summed E-state index contributed by atoms with van der Waals surface area (Å²) in [5, 5.41) is 0.624. The second-order valence-electron chi connectivity index (χ2n) is 7.25. The number of sulfonamides is 1. The van der Waals surface area contributed by atoms with Gasteiger partial charge < -0.3 is 4.98 Å². The maximum atomic E-state index is 14.7. The van der Waals surface area contributed by atoms with E-state index in [-0.39, 0.29) is 17.4 Å². The van der Waals surface area contributed by atoms with Crippen LogP contribution in [-0.4, -0.2) is 36.6 Å². The summed E-state index contributed by atoms with van der Waals surface area (Å²) in [4.78, 5) is 20.4. The summed E-state index contributed by atoms with van der Waals surface area (Å²) in [6, 6.07) is 5.54. The number of anilines is 2. The molecule has 1 fully saturated rings. The summed E-state index contributed by atoms with van der Waals surface area (Å²) in [5.74, 6) is -1.91. The molecule has 0 bridgehead atoms. The van der Waals surface area contributed by atoms with Crippen LogP contribution in [0.4, 0.5) is 20.3 Å². The second kappa shape index (κ2) is 7.67. The molecule has 1 aliphatic carbocycles. The molecule has 10 heteroatoms. The first-order valence-corrected chi connectivity index (χ1v) is 11.2. The van der Waals surface area contributed by atoms with Crippen molar-refractivity contribution in [2.45, 2.75) is 32.2 Å². The average Bonchev–Trinajstić information content (AvgIpc) is 3.40. The van der Waals surface area contributed by atoms with Gasteiger partial charge in [0, 0.05) is 17.6 Å². The van der Waals surface area contributed by atoms with Crippen molar-refractivity contribution in [3.05, 3.63) is 42.1 Å². The molecular formula is C20H20F2N4O3S. The van der Waals surface area contributed by atoms with Crippen LogP contribution in [0.25, 0.3) is 22.2 Å². The molecule has 0 radical (unpaired) electrons. The lowest BCUT2D eigenvalue weighted by molar-refractivity contribution is -0.107. The van der Waals surface area contributed by atoms with Crippen LogP contribution < -0.4 is 9.62 Å². The molecule has 4 rings (SSSR count). The van der Waals surface area contributed by atoms with Crippen molar-refractivity contribution < 1.29 is 22.0 Å². The molecule has 158 valence electrons. The number of hydrogen-bond donors (Lipinski definition) is 2. The first-order valence-electron chi connectivity index (χ1n) is 9.54. The van der Waals surface area contributed by atoms with Crippen LogP contribution in [0.5, 0.6) is 0 Å². The Morgan fingerprint density at radius 2 is 1.97 bits per heavy atom. The zero-order valence-electron chi connectivity index (χ0n) is 16.2. The predicted molar refractivity (Wildman–Crippen MR) is 111 cm³/mol. The van der Waals surface area contributed by atoms with Crippen LogP contribution in [0.15, 0.2) is 30.5 Å². The number of aromatic amines is 1. The predicted octanol–water partition coefficient (Wildman–Crippen LogP) is 3.79. The van der Waals surface area contributed by atoms with Crippen LogP contribution >= 0.6 is 0 Å². The molecule has 0 saturated heterocycles. The number of carbonyl (C=O) groups excluding carboxylic acids is 1. The normalized spacial score (nSPS) is 14.1. The first kappa shape index (κ1) is 20.3. The average molecular weight is 434 g/mol. The van der Waals surface area contributed by atoms with Crippen LogP contribution in [-0.2, 0) is 14.8 Å². The molecule has 1 aromatic carbocycles. The monoisotopic (exact) mass is 434 g/mol. The van der Waals surface area contributed by atoms with E-state index in [2.05, 4.69) is 9.97 Å². The van der Waals surface area contributed by atoms with E-state index in [1.165, 1.54) is 4.90 Å². The maximum absolute atomic E-state index is 14.7. The van der Waals surface area contributed by atoms with Crippen molar-refractivity contribution in [2.24, 2.45) is 0 Å². The van der Waals surface area contributed by atoms with Crippen LogP contribution in [0, 0.1) is 11.6 Å². The molecule has 3 aromatic rings. The zero-order chi connectivity index (χ0) is 21.5. The third-order valence-corrected chi connectivity index (χ3v) is 6.38. The molecule has 0 aliphatic heterocycles. The molecule has 30 heavy (non-hydrogen) atoms. The van der Waals surface area contributed by atoms with E-state index in [0.29, 0.717) is 35.2 Å². The molecule has 1 aliphatic rings. The molecule has 1 amide bonds. The lowest BCUT2D eigenvalue weighted by Gasteiger charge is -2.17. The van der Waals surface area contributed by atoms with E-state index >= 15 is 0 Å². The van der Waals surface area contributed by atoms with Gasteiger partial charge in [0.1, 0.15) is 17.2 Å². The number of nitrogens with zero attached hydrogens (tertiary/aromatic N) is 2. The zero-order valence-corrected chi connectivity index (χ0v) is 17.0. The smallest absolute Gasteiger partial charge is 0.232 e. The van der Waals surface area contributed by atoms with Gasteiger partial charge in [0.25, 0.3) is 0 Å². The van der Waals surface area contributed by atoms with E-state index in [0.717, 1.165) is 25.0 Å². The number of halogens is 2. The summed E-state index contributed by atoms with van der Waals surface area (Å²) in [6.07, 6.45) is 4.40. The number of nitrogens with one attached hydrogen (secondary N) is 2. The summed E-state index contributed by atoms with van der Waals surface area (Å²) in [7, 11) is -3.85. The van der Waals surface area contributed by atoms with Crippen molar-refractivity contribution in [1.29, 1.82) is 0 Å². The molecule has 0 unspecified atom stereocenters. The van der Waals surface area contributed by atoms with Gasteiger partial charge in [0.05, 0.1) is 5.75 Å². The Morgan fingerprint density at radius 1 is 1.27 bits per heavy atom. The third kappa shape index (κ3) is 3.87. The fraction of sp³-hybridized carbons (Fsp3) is 0.300. The van der Waals surface area contributed by atoms with Crippen LogP contribution in [0.2, 0.25) is 0 Å². The number of aromatic nitrogens is 2. The summed E-state index contributed by atoms with van der Waals surface area (Å²) >= 11 is 0. The minimum atomic E-state index is -3.85. The SMILES string of the molecule is CCCS(=O)(=O)Nc1c(F)cc(-c2cc(N(C=O)C3CC3)nc3[nH]ccc23)cc1F. The number of benzene rings is 1. The van der Waals surface area contributed by atoms with Gasteiger partial charge in [-0.15, -0.1) is 0 Å². The highest BCUT2D eigenvalue weighted by Crippen LogP contribution is 2.36. The molecule has 0 spiro atoms. The fourth-order valence-corrected chi connectivity index (χ4v) is 4.52. The van der Waals surface area contributed by atoms with E-state index in [1.54, 1.807) is 25.3 Å². The van der Waals surface area contributed by atoms with Gasteiger partial charge in [-0.3, -0.25) is 14.4 Å². The standard InChI is InChI=1S/C20H20F2N4O3S/c1-2-7-30(28,29)25-19-16(21)8-12(9-17(19)22)15-10-18(26(11-27)13-3-4-13)24-20-14(15)5-6-23-20/h5-6,8-11,13,25H,2-4,7H2,1H3,(H,23,24). The minimum absolute atomic E-state index is 0.0686. The van der Waals surface area contributed by atoms with Gasteiger partial charge in [-0.25, -0.2) is 22.2 Å². The molecule has 1 saturated carbocycles. The summed E-state index contributed by atoms with van der Waals surface area (Å²) in [5.41, 5.74) is 0.450. The van der Waals surface area contributed by atoms with Gasteiger partial charge in [0.2, 0.25) is 16.4 Å². The topological polar surface area (TPSA) is 95.2 Å². The van der Waals surface area contributed by atoms with Crippen molar-refractivity contribution in [1.82, 2.24) is 9.97 Å². The molecule has 2 aromatic heterocycles. The third-order valence-electron chi connectivity index (χ3n) is 4.92. The number of rotatable bonds is 8. The van der Waals surface area contributed by atoms with E-state index < -0.39 is 27.3 Å². The Morgan fingerprint density at radius 3 is 2.57 bits per heavy atom. The highest BCUT2D eigenvalue weighted by molar-refractivity contribution is 7.92. The largest absolute Gasteiger partial charge is 0.346 e.